The minimum atomic E-state index is -0.427. The van der Waals surface area contributed by atoms with Crippen molar-refractivity contribution in [1.82, 2.24) is 4.90 Å². The van der Waals surface area contributed by atoms with Gasteiger partial charge >= 0.3 is 0 Å². The second-order valence-electron chi connectivity index (χ2n) is 7.01. The monoisotopic (exact) mass is 406 g/mol. The number of anilines is 1. The highest BCUT2D eigenvalue weighted by molar-refractivity contribution is 7.80. The van der Waals surface area contributed by atoms with E-state index in [-0.39, 0.29) is 5.02 Å². The molecule has 0 atom stereocenters. The number of hydrogen-bond acceptors (Lipinski definition) is 2. The van der Waals surface area contributed by atoms with E-state index in [4.69, 9.17) is 28.6 Å². The SMILES string of the molecule is Fc1ccc(NC(=S)N2CC[NH+](Cc3ccc4c(c3)CCO4)CC2)cc1Cl. The normalized spacial score (nSPS) is 16.7. The maximum Gasteiger partial charge on any atom is 0.173 e. The van der Waals surface area contributed by atoms with E-state index >= 15 is 0 Å². The van der Waals surface area contributed by atoms with Gasteiger partial charge in [-0.15, -0.1) is 0 Å². The lowest BCUT2D eigenvalue weighted by Gasteiger charge is -2.34. The molecule has 2 heterocycles. The predicted molar refractivity (Wildman–Crippen MR) is 109 cm³/mol. The molecule has 4 nitrogen and oxygen atoms in total. The van der Waals surface area contributed by atoms with E-state index < -0.39 is 5.82 Å². The fraction of sp³-hybridized carbons (Fsp3) is 0.350. The van der Waals surface area contributed by atoms with Crippen LogP contribution in [0.25, 0.3) is 0 Å². The van der Waals surface area contributed by atoms with Gasteiger partial charge in [0.15, 0.2) is 5.11 Å². The highest BCUT2D eigenvalue weighted by Gasteiger charge is 2.23. The molecule has 2 N–H and O–H groups in total. The molecule has 1 saturated heterocycles. The highest BCUT2D eigenvalue weighted by atomic mass is 35.5. The molecule has 0 aliphatic carbocycles. The average Bonchev–Trinajstić information content (AvgIpc) is 3.13. The predicted octanol–water partition coefficient (Wildman–Crippen LogP) is 2.51. The van der Waals surface area contributed by atoms with Crippen LogP contribution in [-0.4, -0.2) is 42.8 Å². The molecule has 4 rings (SSSR count). The van der Waals surface area contributed by atoms with E-state index in [2.05, 4.69) is 28.4 Å². The van der Waals surface area contributed by atoms with Crippen LogP contribution in [0.5, 0.6) is 5.75 Å². The number of fused-ring (bicyclic) bond motifs is 1. The third-order valence-corrected chi connectivity index (χ3v) is 5.79. The van der Waals surface area contributed by atoms with Gasteiger partial charge in [-0.25, -0.2) is 4.39 Å². The van der Waals surface area contributed by atoms with Crippen molar-refractivity contribution < 1.29 is 14.0 Å². The van der Waals surface area contributed by atoms with E-state index in [1.165, 1.54) is 17.2 Å². The number of thiocarbonyl (C=S) groups is 1. The maximum atomic E-state index is 13.3. The molecule has 142 valence electrons. The largest absolute Gasteiger partial charge is 0.493 e. The quantitative estimate of drug-likeness (QED) is 0.766. The van der Waals surface area contributed by atoms with Gasteiger partial charge < -0.3 is 19.9 Å². The molecule has 0 aromatic heterocycles. The van der Waals surface area contributed by atoms with Crippen LogP contribution in [0.1, 0.15) is 11.1 Å². The summed E-state index contributed by atoms with van der Waals surface area (Å²) in [6, 6.07) is 11.1. The molecule has 0 spiro atoms. The molecule has 0 unspecified atom stereocenters. The lowest BCUT2D eigenvalue weighted by Crippen LogP contribution is -3.13. The summed E-state index contributed by atoms with van der Waals surface area (Å²) in [5.74, 6) is 0.611. The Kier molecular flexibility index (Phi) is 5.48. The van der Waals surface area contributed by atoms with Crippen molar-refractivity contribution in [1.29, 1.82) is 0 Å². The first-order valence-electron chi connectivity index (χ1n) is 9.17. The summed E-state index contributed by atoms with van der Waals surface area (Å²) in [5.41, 5.74) is 3.40. The van der Waals surface area contributed by atoms with Crippen molar-refractivity contribution >= 4 is 34.6 Å². The number of halogens is 2. The third-order valence-electron chi connectivity index (χ3n) is 5.14. The van der Waals surface area contributed by atoms with Crippen molar-refractivity contribution in [3.63, 3.8) is 0 Å². The van der Waals surface area contributed by atoms with Crippen LogP contribution in [0.15, 0.2) is 36.4 Å². The molecule has 0 amide bonds. The number of nitrogens with zero attached hydrogens (tertiary/aromatic N) is 1. The Morgan fingerprint density at radius 3 is 2.81 bits per heavy atom. The van der Waals surface area contributed by atoms with E-state index in [0.717, 1.165) is 51.5 Å². The Hall–Kier alpha value is -1.89. The summed E-state index contributed by atoms with van der Waals surface area (Å²) in [6.45, 7) is 5.66. The Bertz CT molecular complexity index is 855. The number of piperazine rings is 1. The minimum absolute atomic E-state index is 0.0943. The van der Waals surface area contributed by atoms with E-state index in [1.807, 2.05) is 0 Å². The summed E-state index contributed by atoms with van der Waals surface area (Å²) in [4.78, 5) is 3.71. The van der Waals surface area contributed by atoms with Crippen molar-refractivity contribution in [2.45, 2.75) is 13.0 Å². The second kappa shape index (κ2) is 8.00. The Morgan fingerprint density at radius 2 is 2.04 bits per heavy atom. The smallest absolute Gasteiger partial charge is 0.173 e. The zero-order valence-corrected chi connectivity index (χ0v) is 16.5. The molecule has 7 heteroatoms. The van der Waals surface area contributed by atoms with Crippen LogP contribution in [0, 0.1) is 5.82 Å². The van der Waals surface area contributed by atoms with E-state index in [1.54, 1.807) is 17.0 Å². The van der Waals surface area contributed by atoms with Crippen molar-refractivity contribution in [3.05, 3.63) is 58.4 Å². The molecule has 27 heavy (non-hydrogen) atoms. The van der Waals surface area contributed by atoms with Crippen LogP contribution in [0.4, 0.5) is 10.1 Å². The topological polar surface area (TPSA) is 28.9 Å². The van der Waals surface area contributed by atoms with Crippen molar-refractivity contribution in [2.75, 3.05) is 38.1 Å². The molecule has 0 bridgehead atoms. The summed E-state index contributed by atoms with van der Waals surface area (Å²) < 4.78 is 18.9. The fourth-order valence-corrected chi connectivity index (χ4v) is 4.10. The van der Waals surface area contributed by atoms with Crippen LogP contribution < -0.4 is 15.0 Å². The number of rotatable bonds is 3. The molecule has 2 aromatic carbocycles. The van der Waals surface area contributed by atoms with Gasteiger partial charge in [0, 0.05) is 17.7 Å². The average molecular weight is 407 g/mol. The maximum absolute atomic E-state index is 13.3. The van der Waals surface area contributed by atoms with Gasteiger partial charge in [-0.3, -0.25) is 0 Å². The van der Waals surface area contributed by atoms with Crippen molar-refractivity contribution in [2.24, 2.45) is 0 Å². The first-order valence-corrected chi connectivity index (χ1v) is 9.96. The van der Waals surface area contributed by atoms with Crippen LogP contribution in [-0.2, 0) is 13.0 Å². The third kappa shape index (κ3) is 4.34. The highest BCUT2D eigenvalue weighted by Crippen LogP contribution is 2.25. The standard InChI is InChI=1S/C20H21ClFN3OS/c21-17-12-16(2-3-18(17)22)23-20(27)25-8-6-24(7-9-25)13-14-1-4-19-15(11-14)5-10-26-19/h1-4,11-12H,5-10,13H2,(H,23,27)/p+1. The number of quaternary nitrogens is 1. The summed E-state index contributed by atoms with van der Waals surface area (Å²) in [7, 11) is 0. The first-order chi connectivity index (χ1) is 13.1. The Balaban J connectivity index is 1.29. The van der Waals surface area contributed by atoms with Gasteiger partial charge in [0.1, 0.15) is 18.1 Å². The lowest BCUT2D eigenvalue weighted by molar-refractivity contribution is -0.917. The summed E-state index contributed by atoms with van der Waals surface area (Å²) in [6.07, 6.45) is 1.01. The number of ether oxygens (including phenoxy) is 1. The molecule has 2 aliphatic rings. The summed E-state index contributed by atoms with van der Waals surface area (Å²) >= 11 is 11.3. The zero-order valence-electron chi connectivity index (χ0n) is 14.9. The number of benzene rings is 2. The fourth-order valence-electron chi connectivity index (χ4n) is 3.62. The second-order valence-corrected chi connectivity index (χ2v) is 7.81. The van der Waals surface area contributed by atoms with Crippen LogP contribution in [0.2, 0.25) is 5.02 Å². The lowest BCUT2D eigenvalue weighted by atomic mass is 10.1. The van der Waals surface area contributed by atoms with E-state index in [9.17, 15) is 4.39 Å². The molecule has 0 radical (unpaired) electrons. The van der Waals surface area contributed by atoms with Gasteiger partial charge in [0.25, 0.3) is 0 Å². The molecular weight excluding hydrogens is 385 g/mol. The summed E-state index contributed by atoms with van der Waals surface area (Å²) in [5, 5.41) is 3.91. The van der Waals surface area contributed by atoms with Gasteiger partial charge in [-0.2, -0.15) is 0 Å². The Morgan fingerprint density at radius 1 is 1.22 bits per heavy atom. The van der Waals surface area contributed by atoms with Crippen LogP contribution in [0.3, 0.4) is 0 Å². The number of nitrogens with one attached hydrogen (secondary N) is 2. The number of hydrogen-bond donors (Lipinski definition) is 2. The van der Waals surface area contributed by atoms with Crippen LogP contribution >= 0.6 is 23.8 Å². The zero-order chi connectivity index (χ0) is 18.8. The minimum Gasteiger partial charge on any atom is -0.493 e. The van der Waals surface area contributed by atoms with Gasteiger partial charge in [-0.1, -0.05) is 11.6 Å². The molecule has 1 fully saturated rings. The molecule has 0 saturated carbocycles. The van der Waals surface area contributed by atoms with Crippen molar-refractivity contribution in [3.8, 4) is 5.75 Å². The van der Waals surface area contributed by atoms with Gasteiger partial charge in [0.2, 0.25) is 0 Å². The molecule has 2 aromatic rings. The molecular formula is C20H22ClFN3OS+. The van der Waals surface area contributed by atoms with Gasteiger partial charge in [-0.05, 0) is 54.2 Å². The van der Waals surface area contributed by atoms with Gasteiger partial charge in [0.05, 0.1) is 37.8 Å². The van der Waals surface area contributed by atoms with E-state index in [0.29, 0.717) is 10.8 Å². The molecule has 2 aliphatic heterocycles. The first kappa shape index (κ1) is 18.5. The Labute approximate surface area is 168 Å².